The molecule has 3 N–H and O–H groups in total. The molecule has 1 aromatic rings. The van der Waals surface area contributed by atoms with Crippen LogP contribution in [0.25, 0.3) is 0 Å². The van der Waals surface area contributed by atoms with E-state index in [1.165, 1.54) is 77.0 Å². The maximum absolute atomic E-state index is 12.5. The minimum atomic E-state index is -1.75. The van der Waals surface area contributed by atoms with Crippen LogP contribution in [0, 0.1) is 13.8 Å². The minimum absolute atomic E-state index is 0.159. The third-order valence-corrected chi connectivity index (χ3v) is 7.42. The fourth-order valence-electron chi connectivity index (χ4n) is 4.33. The van der Waals surface area contributed by atoms with Crippen LogP contribution in [0.1, 0.15) is 121 Å². The summed E-state index contributed by atoms with van der Waals surface area (Å²) in [6.07, 6.45) is 18.7. The van der Waals surface area contributed by atoms with Gasteiger partial charge in [0.2, 0.25) is 9.70 Å². The van der Waals surface area contributed by atoms with Crippen LogP contribution in [0.4, 0.5) is 5.69 Å². The number of thiocarbonyl (C=S) groups is 1. The zero-order valence-corrected chi connectivity index (χ0v) is 26.2. The molecule has 0 aliphatic rings. The summed E-state index contributed by atoms with van der Waals surface area (Å²) < 4.78 is -1.75. The smallest absolute Gasteiger partial charge is 0.228 e. The Bertz CT molecular complexity index is 786. The predicted octanol–water partition coefficient (Wildman–Crippen LogP) is 9.66. The minimum Gasteiger partial charge on any atom is -0.339 e. The first-order valence-corrected chi connectivity index (χ1v) is 15.7. The average molecular weight is 593 g/mol. The topological polar surface area (TPSA) is 53.2 Å². The number of hydrogen-bond donors (Lipinski definition) is 3. The molecule has 0 aliphatic carbocycles. The van der Waals surface area contributed by atoms with Crippen molar-refractivity contribution in [3.8, 4) is 0 Å². The van der Waals surface area contributed by atoms with Crippen LogP contribution >= 0.6 is 47.0 Å². The Morgan fingerprint density at radius 2 is 1.30 bits per heavy atom. The molecule has 0 saturated heterocycles. The standard InChI is InChI=1S/C29H48Cl3N3OS/c1-4-5-6-7-8-9-10-11-12-13-14-15-16-17-18-19-26(36)34-27(29(30,31)32)35-28(37)33-25-21-20-23(2)22-24(25)3/h20-22,27H,4-19H2,1-3H3,(H,34,36)(H2,33,35,37). The molecule has 0 bridgehead atoms. The molecular weight excluding hydrogens is 545 g/mol. The van der Waals surface area contributed by atoms with Gasteiger partial charge in [0.05, 0.1) is 0 Å². The van der Waals surface area contributed by atoms with Gasteiger partial charge in [-0.15, -0.1) is 0 Å². The fraction of sp³-hybridized carbons (Fsp3) is 0.724. The quantitative estimate of drug-likeness (QED) is 0.0648. The number of carbonyl (C=O) groups is 1. The van der Waals surface area contributed by atoms with Gasteiger partial charge >= 0.3 is 0 Å². The number of amides is 1. The fourth-order valence-corrected chi connectivity index (χ4v) is 4.89. The summed E-state index contributed by atoms with van der Waals surface area (Å²) in [5, 5.41) is 9.08. The number of benzene rings is 1. The van der Waals surface area contributed by atoms with Gasteiger partial charge in [0.15, 0.2) is 5.11 Å². The number of alkyl halides is 3. The van der Waals surface area contributed by atoms with E-state index in [0.717, 1.165) is 36.1 Å². The van der Waals surface area contributed by atoms with Crippen LogP contribution in [0.5, 0.6) is 0 Å². The van der Waals surface area contributed by atoms with E-state index in [2.05, 4.69) is 28.9 Å². The lowest BCUT2D eigenvalue weighted by atomic mass is 10.0. The summed E-state index contributed by atoms with van der Waals surface area (Å²) in [5.41, 5.74) is 3.06. The van der Waals surface area contributed by atoms with Crippen molar-refractivity contribution in [2.45, 2.75) is 133 Å². The summed E-state index contributed by atoms with van der Waals surface area (Å²) >= 11 is 23.7. The largest absolute Gasteiger partial charge is 0.339 e. The van der Waals surface area contributed by atoms with Crippen LogP contribution in [0.15, 0.2) is 18.2 Å². The molecule has 0 fully saturated rings. The average Bonchev–Trinajstić information content (AvgIpc) is 2.82. The van der Waals surface area contributed by atoms with Crippen molar-refractivity contribution >= 4 is 63.7 Å². The van der Waals surface area contributed by atoms with Crippen molar-refractivity contribution in [3.63, 3.8) is 0 Å². The van der Waals surface area contributed by atoms with Gasteiger partial charge in [-0.25, -0.2) is 0 Å². The number of rotatable bonds is 19. The summed E-state index contributed by atoms with van der Waals surface area (Å²) in [6, 6.07) is 5.98. The second-order valence-electron chi connectivity index (χ2n) is 10.2. The molecule has 0 aliphatic heterocycles. The molecule has 0 spiro atoms. The van der Waals surface area contributed by atoms with Gasteiger partial charge < -0.3 is 16.0 Å². The molecule has 1 atom stereocenters. The molecule has 1 amide bonds. The summed E-state index contributed by atoms with van der Waals surface area (Å²) in [6.45, 7) is 6.28. The third-order valence-electron chi connectivity index (χ3n) is 6.55. The first-order chi connectivity index (χ1) is 17.6. The lowest BCUT2D eigenvalue weighted by Gasteiger charge is -2.28. The van der Waals surface area contributed by atoms with Crippen LogP contribution in [-0.4, -0.2) is 21.0 Å². The van der Waals surface area contributed by atoms with Gasteiger partial charge in [0.1, 0.15) is 6.17 Å². The Balaban J connectivity index is 2.16. The van der Waals surface area contributed by atoms with Crippen molar-refractivity contribution < 1.29 is 4.79 Å². The van der Waals surface area contributed by atoms with E-state index in [-0.39, 0.29) is 11.0 Å². The second kappa shape index (κ2) is 20.2. The number of halogens is 3. The highest BCUT2D eigenvalue weighted by molar-refractivity contribution is 7.80. The van der Waals surface area contributed by atoms with Crippen LogP contribution < -0.4 is 16.0 Å². The zero-order chi connectivity index (χ0) is 27.5. The molecule has 1 aromatic carbocycles. The molecule has 0 saturated carbocycles. The lowest BCUT2D eigenvalue weighted by molar-refractivity contribution is -0.122. The SMILES string of the molecule is CCCCCCCCCCCCCCCCCC(=O)NC(NC(=S)Nc1ccc(C)cc1C)C(Cl)(Cl)Cl. The molecular formula is C29H48Cl3N3OS. The molecule has 212 valence electrons. The van der Waals surface area contributed by atoms with Crippen molar-refractivity contribution in [2.24, 2.45) is 0 Å². The van der Waals surface area contributed by atoms with Gasteiger partial charge in [-0.05, 0) is 44.1 Å². The van der Waals surface area contributed by atoms with E-state index in [9.17, 15) is 4.79 Å². The first kappa shape index (κ1) is 34.3. The zero-order valence-electron chi connectivity index (χ0n) is 23.1. The summed E-state index contributed by atoms with van der Waals surface area (Å²) in [4.78, 5) is 12.5. The van der Waals surface area contributed by atoms with Gasteiger partial charge in [-0.2, -0.15) is 0 Å². The monoisotopic (exact) mass is 591 g/mol. The molecule has 37 heavy (non-hydrogen) atoms. The summed E-state index contributed by atoms with van der Waals surface area (Å²) in [7, 11) is 0. The molecule has 1 rings (SSSR count). The van der Waals surface area contributed by atoms with Gasteiger partial charge in [0, 0.05) is 12.1 Å². The van der Waals surface area contributed by atoms with Crippen LogP contribution in [0.2, 0.25) is 0 Å². The number of unbranched alkanes of at least 4 members (excludes halogenated alkanes) is 14. The number of hydrogen-bond acceptors (Lipinski definition) is 2. The third kappa shape index (κ3) is 17.5. The second-order valence-corrected chi connectivity index (χ2v) is 12.9. The number of carbonyl (C=O) groups excluding carboxylic acids is 1. The molecule has 0 heterocycles. The molecule has 4 nitrogen and oxygen atoms in total. The Hall–Kier alpha value is -0.750. The van der Waals surface area contributed by atoms with E-state index in [1.54, 1.807) is 0 Å². The van der Waals surface area contributed by atoms with Crippen molar-refractivity contribution in [1.29, 1.82) is 0 Å². The maximum Gasteiger partial charge on any atom is 0.228 e. The molecule has 8 heteroatoms. The van der Waals surface area contributed by atoms with Gasteiger partial charge in [-0.3, -0.25) is 4.79 Å². The predicted molar refractivity (Wildman–Crippen MR) is 167 cm³/mol. The highest BCUT2D eigenvalue weighted by atomic mass is 35.6. The summed E-state index contributed by atoms with van der Waals surface area (Å²) in [5.74, 6) is -0.159. The van der Waals surface area contributed by atoms with E-state index >= 15 is 0 Å². The van der Waals surface area contributed by atoms with Crippen molar-refractivity contribution in [2.75, 3.05) is 5.32 Å². The van der Waals surface area contributed by atoms with Crippen molar-refractivity contribution in [1.82, 2.24) is 10.6 Å². The van der Waals surface area contributed by atoms with E-state index < -0.39 is 9.96 Å². The van der Waals surface area contributed by atoms with E-state index in [1.807, 2.05) is 26.0 Å². The normalized spacial score (nSPS) is 12.3. The Morgan fingerprint density at radius 3 is 1.76 bits per heavy atom. The number of anilines is 1. The Kier molecular flexibility index (Phi) is 18.7. The number of aryl methyl sites for hydroxylation is 2. The maximum atomic E-state index is 12.5. The first-order valence-electron chi connectivity index (χ1n) is 14.1. The Morgan fingerprint density at radius 1 is 0.811 bits per heavy atom. The lowest BCUT2D eigenvalue weighted by Crippen LogP contribution is -2.56. The van der Waals surface area contributed by atoms with E-state index in [4.69, 9.17) is 47.0 Å². The molecule has 0 aromatic heterocycles. The molecule has 0 radical (unpaired) electrons. The Labute approximate surface area is 246 Å². The molecule has 1 unspecified atom stereocenters. The van der Waals surface area contributed by atoms with Crippen molar-refractivity contribution in [3.05, 3.63) is 29.3 Å². The van der Waals surface area contributed by atoms with Gasteiger partial charge in [0.25, 0.3) is 0 Å². The highest BCUT2D eigenvalue weighted by Crippen LogP contribution is 2.29. The van der Waals surface area contributed by atoms with Crippen LogP contribution in [-0.2, 0) is 4.79 Å². The van der Waals surface area contributed by atoms with Crippen LogP contribution in [0.3, 0.4) is 0 Å². The van der Waals surface area contributed by atoms with Gasteiger partial charge in [-0.1, -0.05) is 149 Å². The highest BCUT2D eigenvalue weighted by Gasteiger charge is 2.34. The number of nitrogens with one attached hydrogen (secondary N) is 3. The van der Waals surface area contributed by atoms with E-state index in [0.29, 0.717) is 6.42 Å².